The maximum absolute atomic E-state index is 5.94. The third kappa shape index (κ3) is 3.03. The van der Waals surface area contributed by atoms with E-state index in [1.807, 2.05) is 28.8 Å². The first-order chi connectivity index (χ1) is 9.24. The van der Waals surface area contributed by atoms with Gasteiger partial charge in [0.1, 0.15) is 6.73 Å². The van der Waals surface area contributed by atoms with Gasteiger partial charge in [-0.3, -0.25) is 0 Å². The quantitative estimate of drug-likeness (QED) is 0.731. The fourth-order valence-electron chi connectivity index (χ4n) is 2.06. The Morgan fingerprint density at radius 3 is 2.63 bits per heavy atom. The summed E-state index contributed by atoms with van der Waals surface area (Å²) in [6.45, 7) is 2.49. The number of nitrogens with zero attached hydrogens (tertiary/aromatic N) is 2. The average Bonchev–Trinajstić information content (AvgIpc) is 2.87. The van der Waals surface area contributed by atoms with Crippen molar-refractivity contribution in [2.45, 2.75) is 26.1 Å². The topological polar surface area (TPSA) is 45.5 Å². The summed E-state index contributed by atoms with van der Waals surface area (Å²) in [6.07, 6.45) is 2.75. The molecule has 0 spiro atoms. The van der Waals surface area contributed by atoms with E-state index in [1.54, 1.807) is 20.5 Å². The van der Waals surface area contributed by atoms with E-state index in [4.69, 9.17) is 13.3 Å². The van der Waals surface area contributed by atoms with Crippen molar-refractivity contribution in [2.75, 3.05) is 14.2 Å². The van der Waals surface area contributed by atoms with Crippen molar-refractivity contribution in [3.05, 3.63) is 30.6 Å². The van der Waals surface area contributed by atoms with Crippen molar-refractivity contribution in [1.82, 2.24) is 9.55 Å². The summed E-state index contributed by atoms with van der Waals surface area (Å²) in [5, 5.41) is 0. The van der Waals surface area contributed by atoms with Crippen LogP contribution in [0.4, 0.5) is 0 Å². The number of imidazole rings is 1. The van der Waals surface area contributed by atoms with E-state index in [1.165, 1.54) is 0 Å². The molecule has 6 heteroatoms. The van der Waals surface area contributed by atoms with Crippen LogP contribution in [0.5, 0.6) is 0 Å². The smallest absolute Gasteiger partial charge is 0.377 e. The van der Waals surface area contributed by atoms with Gasteiger partial charge in [-0.2, -0.15) is 0 Å². The molecule has 0 N–H and O–H groups in total. The fraction of sp³-hybridized carbons (Fsp3) is 0.462. The molecule has 5 nitrogen and oxygen atoms in total. The summed E-state index contributed by atoms with van der Waals surface area (Å²) in [7, 11) is 0.765. The monoisotopic (exact) mass is 280 g/mol. The van der Waals surface area contributed by atoms with Gasteiger partial charge in [0.05, 0.1) is 17.4 Å². The number of hydrogen-bond acceptors (Lipinski definition) is 4. The lowest BCUT2D eigenvalue weighted by Crippen LogP contribution is -2.44. The molecule has 0 radical (unpaired) electrons. The zero-order valence-electron chi connectivity index (χ0n) is 11.6. The van der Waals surface area contributed by atoms with E-state index < -0.39 is 8.80 Å². The molecule has 0 saturated heterocycles. The highest BCUT2D eigenvalue weighted by molar-refractivity contribution is 6.60. The minimum atomic E-state index is -2.54. The van der Waals surface area contributed by atoms with Gasteiger partial charge in [0.15, 0.2) is 0 Å². The standard InChI is InChI=1S/C13H20N2O3Si/c1-4-9-19(16-2,17-3)18-11-15-10-14-12-7-5-6-8-13(12)15/h5-8,10H,4,9,11H2,1-3H3. The molecule has 0 fully saturated rings. The third-order valence-corrected chi connectivity index (χ3v) is 6.05. The van der Waals surface area contributed by atoms with Crippen LogP contribution in [-0.2, 0) is 20.0 Å². The molecular weight excluding hydrogens is 260 g/mol. The van der Waals surface area contributed by atoms with Crippen molar-refractivity contribution in [3.8, 4) is 0 Å². The summed E-state index contributed by atoms with van der Waals surface area (Å²) < 4.78 is 18.9. The second kappa shape index (κ2) is 6.29. The number of para-hydroxylation sites is 2. The minimum Gasteiger partial charge on any atom is -0.377 e. The maximum Gasteiger partial charge on any atom is 0.501 e. The van der Waals surface area contributed by atoms with Crippen LogP contribution in [0.1, 0.15) is 13.3 Å². The van der Waals surface area contributed by atoms with Crippen LogP contribution in [0.25, 0.3) is 11.0 Å². The molecule has 0 aliphatic carbocycles. The zero-order valence-corrected chi connectivity index (χ0v) is 12.6. The largest absolute Gasteiger partial charge is 0.501 e. The van der Waals surface area contributed by atoms with Crippen LogP contribution in [0.2, 0.25) is 6.04 Å². The van der Waals surface area contributed by atoms with Crippen LogP contribution in [0.15, 0.2) is 30.6 Å². The lowest BCUT2D eigenvalue weighted by Gasteiger charge is -2.26. The molecule has 0 amide bonds. The Hall–Kier alpha value is -1.21. The van der Waals surface area contributed by atoms with Gasteiger partial charge in [-0.05, 0) is 12.1 Å². The molecule has 19 heavy (non-hydrogen) atoms. The zero-order chi connectivity index (χ0) is 13.7. The Balaban J connectivity index is 2.12. The van der Waals surface area contributed by atoms with Crippen molar-refractivity contribution in [2.24, 2.45) is 0 Å². The Morgan fingerprint density at radius 1 is 1.21 bits per heavy atom. The van der Waals surface area contributed by atoms with Crippen LogP contribution >= 0.6 is 0 Å². The van der Waals surface area contributed by atoms with Gasteiger partial charge in [0, 0.05) is 20.3 Å². The first-order valence-electron chi connectivity index (χ1n) is 6.39. The molecule has 2 rings (SSSR count). The molecule has 0 bridgehead atoms. The summed E-state index contributed by atoms with van der Waals surface area (Å²) in [6, 6.07) is 8.78. The Bertz CT molecular complexity index is 525. The van der Waals surface area contributed by atoms with Gasteiger partial charge in [-0.15, -0.1) is 0 Å². The van der Waals surface area contributed by atoms with Gasteiger partial charge in [0.25, 0.3) is 0 Å². The molecular formula is C13H20N2O3Si. The van der Waals surface area contributed by atoms with Gasteiger partial charge in [0.2, 0.25) is 0 Å². The van der Waals surface area contributed by atoms with Crippen molar-refractivity contribution < 1.29 is 13.3 Å². The molecule has 0 atom stereocenters. The Morgan fingerprint density at radius 2 is 1.95 bits per heavy atom. The molecule has 1 aromatic heterocycles. The van der Waals surface area contributed by atoms with Crippen LogP contribution in [0.3, 0.4) is 0 Å². The highest BCUT2D eigenvalue weighted by atomic mass is 28.4. The van der Waals surface area contributed by atoms with E-state index in [9.17, 15) is 0 Å². The lowest BCUT2D eigenvalue weighted by atomic mass is 10.3. The Labute approximate surface area is 114 Å². The third-order valence-electron chi connectivity index (χ3n) is 3.13. The molecule has 2 aromatic rings. The van der Waals surface area contributed by atoms with E-state index in [0.717, 1.165) is 23.5 Å². The van der Waals surface area contributed by atoms with Crippen molar-refractivity contribution >= 4 is 19.8 Å². The maximum atomic E-state index is 5.94. The normalized spacial score (nSPS) is 12.2. The van der Waals surface area contributed by atoms with E-state index in [-0.39, 0.29) is 0 Å². The SMILES string of the molecule is CCC[Si](OC)(OC)OCn1cnc2ccccc21. The highest BCUT2D eigenvalue weighted by Crippen LogP contribution is 2.18. The first kappa shape index (κ1) is 14.2. The summed E-state index contributed by atoms with van der Waals surface area (Å²) >= 11 is 0. The van der Waals surface area contributed by atoms with Crippen molar-refractivity contribution in [1.29, 1.82) is 0 Å². The number of aromatic nitrogens is 2. The summed E-state index contributed by atoms with van der Waals surface area (Å²) in [5.41, 5.74) is 2.01. The number of hydrogen-bond donors (Lipinski definition) is 0. The predicted molar refractivity (Wildman–Crippen MR) is 75.7 cm³/mol. The molecule has 1 heterocycles. The predicted octanol–water partition coefficient (Wildman–Crippen LogP) is 2.65. The number of fused-ring (bicyclic) bond motifs is 1. The molecule has 0 aliphatic heterocycles. The summed E-state index contributed by atoms with van der Waals surface area (Å²) in [5.74, 6) is 0. The van der Waals surface area contributed by atoms with Crippen LogP contribution < -0.4 is 0 Å². The second-order valence-electron chi connectivity index (χ2n) is 4.32. The van der Waals surface area contributed by atoms with Gasteiger partial charge >= 0.3 is 8.80 Å². The average molecular weight is 280 g/mol. The molecule has 0 saturated carbocycles. The molecule has 1 aromatic carbocycles. The number of rotatable bonds is 7. The van der Waals surface area contributed by atoms with Crippen LogP contribution in [-0.4, -0.2) is 32.6 Å². The molecule has 0 aliphatic rings. The lowest BCUT2D eigenvalue weighted by molar-refractivity contribution is 0.0700. The minimum absolute atomic E-state index is 0.397. The fourth-order valence-corrected chi connectivity index (χ4v) is 3.97. The van der Waals surface area contributed by atoms with Gasteiger partial charge in [-0.25, -0.2) is 4.98 Å². The van der Waals surface area contributed by atoms with E-state index >= 15 is 0 Å². The summed E-state index contributed by atoms with van der Waals surface area (Å²) in [4.78, 5) is 4.33. The molecule has 104 valence electrons. The van der Waals surface area contributed by atoms with E-state index in [0.29, 0.717) is 6.73 Å². The van der Waals surface area contributed by atoms with Gasteiger partial charge in [-0.1, -0.05) is 25.5 Å². The molecule has 0 unspecified atom stereocenters. The Kier molecular flexibility index (Phi) is 4.70. The second-order valence-corrected chi connectivity index (χ2v) is 7.29. The first-order valence-corrected chi connectivity index (χ1v) is 8.32. The van der Waals surface area contributed by atoms with Crippen LogP contribution in [0, 0.1) is 0 Å². The van der Waals surface area contributed by atoms with Gasteiger partial charge < -0.3 is 17.8 Å². The van der Waals surface area contributed by atoms with Crippen molar-refractivity contribution in [3.63, 3.8) is 0 Å². The number of benzene rings is 1. The highest BCUT2D eigenvalue weighted by Gasteiger charge is 2.38. The van der Waals surface area contributed by atoms with E-state index in [2.05, 4.69) is 11.9 Å².